The van der Waals surface area contributed by atoms with Crippen LogP contribution in [0.2, 0.25) is 0 Å². The number of aromatic hydroxyl groups is 1. The second-order valence-electron chi connectivity index (χ2n) is 6.10. The van der Waals surface area contributed by atoms with Crippen molar-refractivity contribution in [2.24, 2.45) is 0 Å². The van der Waals surface area contributed by atoms with E-state index in [0.717, 1.165) is 0 Å². The van der Waals surface area contributed by atoms with Crippen molar-refractivity contribution in [3.63, 3.8) is 0 Å². The van der Waals surface area contributed by atoms with Gasteiger partial charge < -0.3 is 29.4 Å². The Balaban J connectivity index is 2.23. The number of hydrogen-bond acceptors (Lipinski definition) is 7. The molecule has 0 atom stereocenters. The minimum Gasteiger partial charge on any atom is -0.508 e. The maximum absolute atomic E-state index is 11.4. The fourth-order valence-corrected chi connectivity index (χ4v) is 1.76. The van der Waals surface area contributed by atoms with Crippen LogP contribution >= 0.6 is 0 Å². The number of amides is 1. The average Bonchev–Trinajstić information content (AvgIpc) is 2.51. The number of benzene rings is 1. The summed E-state index contributed by atoms with van der Waals surface area (Å²) >= 11 is 0. The summed E-state index contributed by atoms with van der Waals surface area (Å²) < 4.78 is 20.4. The highest BCUT2D eigenvalue weighted by atomic mass is 16.6. The van der Waals surface area contributed by atoms with Crippen LogP contribution in [0.25, 0.3) is 0 Å². The Bertz CT molecular complexity index is 581. The number of phenols is 1. The molecule has 0 saturated heterocycles. The van der Waals surface area contributed by atoms with Gasteiger partial charge in [-0.2, -0.15) is 0 Å². The van der Waals surface area contributed by atoms with Gasteiger partial charge in [0.25, 0.3) is 0 Å². The number of carbonyl (C=O) groups excluding carboxylic acids is 2. The number of alkyl carbamates (subject to hydrolysis) is 1. The van der Waals surface area contributed by atoms with Crippen molar-refractivity contribution < 1.29 is 33.6 Å². The summed E-state index contributed by atoms with van der Waals surface area (Å²) in [5, 5.41) is 12.1. The van der Waals surface area contributed by atoms with Crippen molar-refractivity contribution in [2.75, 3.05) is 33.5 Å². The van der Waals surface area contributed by atoms with Crippen molar-refractivity contribution in [3.8, 4) is 11.5 Å². The quantitative estimate of drug-likeness (QED) is 0.543. The van der Waals surface area contributed by atoms with Gasteiger partial charge >= 0.3 is 12.1 Å². The van der Waals surface area contributed by atoms with Gasteiger partial charge in [0, 0.05) is 12.6 Å². The number of ether oxygens (including phenoxy) is 4. The molecular formula is C17H25NO7. The Morgan fingerprint density at radius 3 is 2.48 bits per heavy atom. The third kappa shape index (κ3) is 8.80. The fraction of sp³-hybridized carbons (Fsp3) is 0.529. The first kappa shape index (κ1) is 20.6. The minimum absolute atomic E-state index is 0.0969. The van der Waals surface area contributed by atoms with E-state index in [1.807, 2.05) is 0 Å². The maximum Gasteiger partial charge on any atom is 0.407 e. The lowest BCUT2D eigenvalue weighted by Crippen LogP contribution is -2.34. The average molecular weight is 355 g/mol. The molecule has 0 aliphatic rings. The highest BCUT2D eigenvalue weighted by molar-refractivity contribution is 5.90. The Hall–Kier alpha value is -2.48. The molecule has 140 valence electrons. The summed E-state index contributed by atoms with van der Waals surface area (Å²) in [5.74, 6) is -0.332. The summed E-state index contributed by atoms with van der Waals surface area (Å²) in [5.41, 5.74) is -0.344. The Kier molecular flexibility index (Phi) is 8.00. The molecule has 0 unspecified atom stereocenters. The van der Waals surface area contributed by atoms with Gasteiger partial charge in [-0.1, -0.05) is 0 Å². The molecule has 0 bridgehead atoms. The predicted molar refractivity (Wildman–Crippen MR) is 90.0 cm³/mol. The molecule has 0 fully saturated rings. The van der Waals surface area contributed by atoms with Gasteiger partial charge in [-0.25, -0.2) is 9.59 Å². The second kappa shape index (κ2) is 9.73. The molecule has 1 rings (SSSR count). The van der Waals surface area contributed by atoms with Gasteiger partial charge in [0.2, 0.25) is 0 Å². The van der Waals surface area contributed by atoms with Crippen LogP contribution in [-0.2, 0) is 14.2 Å². The summed E-state index contributed by atoms with van der Waals surface area (Å²) in [6.45, 7) is 6.47. The lowest BCUT2D eigenvalue weighted by Gasteiger charge is -2.19. The molecule has 2 N–H and O–H groups in total. The van der Waals surface area contributed by atoms with Crippen LogP contribution in [0.4, 0.5) is 4.79 Å². The van der Waals surface area contributed by atoms with Crippen LogP contribution in [-0.4, -0.2) is 56.2 Å². The van der Waals surface area contributed by atoms with Crippen LogP contribution in [0.3, 0.4) is 0 Å². The van der Waals surface area contributed by atoms with Gasteiger partial charge in [-0.3, -0.25) is 0 Å². The van der Waals surface area contributed by atoms with Gasteiger partial charge in [0.05, 0.1) is 25.9 Å². The van der Waals surface area contributed by atoms with E-state index in [4.69, 9.17) is 14.2 Å². The molecule has 0 aliphatic heterocycles. The summed E-state index contributed by atoms with van der Waals surface area (Å²) in [6, 6.07) is 4.14. The van der Waals surface area contributed by atoms with E-state index in [9.17, 15) is 14.7 Å². The van der Waals surface area contributed by atoms with Crippen LogP contribution in [0.5, 0.6) is 11.5 Å². The van der Waals surface area contributed by atoms with Crippen molar-refractivity contribution in [2.45, 2.75) is 26.4 Å². The highest BCUT2D eigenvalue weighted by Crippen LogP contribution is 2.22. The molecule has 0 aliphatic carbocycles. The third-order valence-electron chi connectivity index (χ3n) is 2.72. The van der Waals surface area contributed by atoms with Crippen LogP contribution in [0.1, 0.15) is 31.1 Å². The molecule has 0 heterocycles. The summed E-state index contributed by atoms with van der Waals surface area (Å²) in [4.78, 5) is 22.9. The van der Waals surface area contributed by atoms with Gasteiger partial charge in [-0.05, 0) is 32.9 Å². The van der Waals surface area contributed by atoms with Crippen molar-refractivity contribution in [1.82, 2.24) is 5.32 Å². The number of rotatable bonds is 8. The zero-order valence-corrected chi connectivity index (χ0v) is 15.0. The van der Waals surface area contributed by atoms with Gasteiger partial charge in [-0.15, -0.1) is 0 Å². The molecule has 8 nitrogen and oxygen atoms in total. The van der Waals surface area contributed by atoms with E-state index in [2.05, 4.69) is 10.1 Å². The first-order chi connectivity index (χ1) is 11.7. The molecule has 0 spiro atoms. The third-order valence-corrected chi connectivity index (χ3v) is 2.72. The molecule has 0 saturated carbocycles. The monoisotopic (exact) mass is 355 g/mol. The van der Waals surface area contributed by atoms with E-state index in [1.54, 1.807) is 20.8 Å². The SMILES string of the molecule is COC(=O)c1cc(O)cc(OCCOCCNC(=O)OC(C)(C)C)c1. The molecule has 1 aromatic rings. The number of nitrogens with one attached hydrogen (secondary N) is 1. The molecule has 25 heavy (non-hydrogen) atoms. The highest BCUT2D eigenvalue weighted by Gasteiger charge is 2.15. The Morgan fingerprint density at radius 2 is 1.84 bits per heavy atom. The van der Waals surface area contributed by atoms with E-state index in [1.165, 1.54) is 25.3 Å². The van der Waals surface area contributed by atoms with E-state index in [0.29, 0.717) is 18.9 Å². The van der Waals surface area contributed by atoms with E-state index in [-0.39, 0.29) is 24.5 Å². The van der Waals surface area contributed by atoms with Gasteiger partial charge in [0.1, 0.15) is 23.7 Å². The van der Waals surface area contributed by atoms with Crippen molar-refractivity contribution in [3.05, 3.63) is 23.8 Å². The number of esters is 1. The predicted octanol–water partition coefficient (Wildman–Crippen LogP) is 2.10. The largest absolute Gasteiger partial charge is 0.508 e. The standard InChI is InChI=1S/C17H25NO7/c1-17(2,3)25-16(21)18-5-6-23-7-8-24-14-10-12(15(20)22-4)9-13(19)11-14/h9-11,19H,5-8H2,1-4H3,(H,18,21). The molecule has 1 aromatic carbocycles. The first-order valence-electron chi connectivity index (χ1n) is 7.81. The first-order valence-corrected chi connectivity index (χ1v) is 7.81. The Morgan fingerprint density at radius 1 is 1.12 bits per heavy atom. The minimum atomic E-state index is -0.565. The normalized spacial score (nSPS) is 10.9. The fourth-order valence-electron chi connectivity index (χ4n) is 1.76. The zero-order chi connectivity index (χ0) is 18.9. The Labute approximate surface area is 147 Å². The number of methoxy groups -OCH3 is 1. The molecule has 0 aromatic heterocycles. The smallest absolute Gasteiger partial charge is 0.407 e. The topological polar surface area (TPSA) is 103 Å². The molecular weight excluding hydrogens is 330 g/mol. The van der Waals surface area contributed by atoms with Crippen LogP contribution < -0.4 is 10.1 Å². The lowest BCUT2D eigenvalue weighted by atomic mass is 10.2. The zero-order valence-electron chi connectivity index (χ0n) is 15.0. The number of hydrogen-bond donors (Lipinski definition) is 2. The number of phenolic OH excluding ortho intramolecular Hbond substituents is 1. The summed E-state index contributed by atoms with van der Waals surface area (Å²) in [7, 11) is 1.26. The number of carbonyl (C=O) groups is 2. The van der Waals surface area contributed by atoms with Crippen LogP contribution in [0.15, 0.2) is 18.2 Å². The molecule has 0 radical (unpaired) electrons. The summed E-state index contributed by atoms with van der Waals surface area (Å²) in [6.07, 6.45) is -0.498. The molecule has 1 amide bonds. The molecule has 8 heteroatoms. The second-order valence-corrected chi connectivity index (χ2v) is 6.10. The van der Waals surface area contributed by atoms with Crippen molar-refractivity contribution >= 4 is 12.1 Å². The lowest BCUT2D eigenvalue weighted by molar-refractivity contribution is 0.0487. The van der Waals surface area contributed by atoms with E-state index < -0.39 is 17.7 Å². The maximum atomic E-state index is 11.4. The van der Waals surface area contributed by atoms with Crippen molar-refractivity contribution in [1.29, 1.82) is 0 Å². The van der Waals surface area contributed by atoms with E-state index >= 15 is 0 Å². The van der Waals surface area contributed by atoms with Gasteiger partial charge in [0.15, 0.2) is 0 Å². The van der Waals surface area contributed by atoms with Crippen LogP contribution in [0, 0.1) is 0 Å².